The van der Waals surface area contributed by atoms with Gasteiger partial charge in [-0.1, -0.05) is 13.3 Å². The molecule has 1 heterocycles. The van der Waals surface area contributed by atoms with Gasteiger partial charge < -0.3 is 10.5 Å². The number of rotatable bonds is 6. The van der Waals surface area contributed by atoms with Crippen LogP contribution in [0.15, 0.2) is 35.1 Å². The van der Waals surface area contributed by atoms with Crippen LogP contribution in [0.3, 0.4) is 0 Å². The molecule has 0 aliphatic rings. The molecule has 1 aromatic carbocycles. The lowest BCUT2D eigenvalue weighted by Gasteiger charge is -2.18. The molecule has 0 fully saturated rings. The molecule has 0 amide bonds. The van der Waals surface area contributed by atoms with Gasteiger partial charge in [-0.2, -0.15) is 5.10 Å². The van der Waals surface area contributed by atoms with Gasteiger partial charge in [-0.3, -0.25) is 4.79 Å². The predicted octanol–water partition coefficient (Wildman–Crippen LogP) is 2.81. The van der Waals surface area contributed by atoms with Gasteiger partial charge in [-0.05, 0) is 50.6 Å². The first kappa shape index (κ1) is 16.2. The second-order valence-corrected chi connectivity index (χ2v) is 5.94. The minimum atomic E-state index is -0.714. The summed E-state index contributed by atoms with van der Waals surface area (Å²) in [5, 5.41) is 6.61. The maximum atomic E-state index is 11.8. The number of aromatic nitrogens is 2. The highest BCUT2D eigenvalue weighted by atomic mass is 16.5. The summed E-state index contributed by atoms with van der Waals surface area (Å²) in [5.74, 6) is 0.834. The van der Waals surface area contributed by atoms with Crippen molar-refractivity contribution in [1.29, 1.82) is 0 Å². The summed E-state index contributed by atoms with van der Waals surface area (Å²) < 4.78 is 5.64. The van der Waals surface area contributed by atoms with Crippen LogP contribution in [0.5, 0.6) is 5.75 Å². The van der Waals surface area contributed by atoms with Crippen molar-refractivity contribution in [3.63, 3.8) is 0 Å². The Morgan fingerprint density at radius 3 is 2.55 bits per heavy atom. The van der Waals surface area contributed by atoms with Gasteiger partial charge >= 0.3 is 0 Å². The molecule has 118 valence electrons. The molecule has 0 spiro atoms. The summed E-state index contributed by atoms with van der Waals surface area (Å²) in [6.07, 6.45) is 2.15. The summed E-state index contributed by atoms with van der Waals surface area (Å²) in [4.78, 5) is 11.8. The van der Waals surface area contributed by atoms with Crippen LogP contribution in [0.25, 0.3) is 11.3 Å². The maximum absolute atomic E-state index is 11.8. The molecule has 0 saturated carbocycles. The molecule has 0 saturated heterocycles. The Hall–Kier alpha value is -2.14. The first-order chi connectivity index (χ1) is 10.4. The van der Waals surface area contributed by atoms with Gasteiger partial charge in [0.05, 0.1) is 12.3 Å². The number of nitrogens with zero attached hydrogens (tertiary/aromatic N) is 1. The van der Waals surface area contributed by atoms with Crippen LogP contribution in [0.2, 0.25) is 0 Å². The summed E-state index contributed by atoms with van der Waals surface area (Å²) >= 11 is 0. The third-order valence-corrected chi connectivity index (χ3v) is 3.41. The largest absolute Gasteiger partial charge is 0.494 e. The van der Waals surface area contributed by atoms with E-state index >= 15 is 0 Å². The minimum absolute atomic E-state index is 0.254. The van der Waals surface area contributed by atoms with E-state index in [1.54, 1.807) is 19.9 Å². The van der Waals surface area contributed by atoms with E-state index in [2.05, 4.69) is 17.1 Å². The average molecular weight is 301 g/mol. The van der Waals surface area contributed by atoms with Gasteiger partial charge in [-0.25, -0.2) is 5.10 Å². The highest BCUT2D eigenvalue weighted by Gasteiger charge is 2.19. The third kappa shape index (κ3) is 3.95. The second kappa shape index (κ2) is 6.75. The molecule has 1 aromatic heterocycles. The van der Waals surface area contributed by atoms with Crippen molar-refractivity contribution >= 4 is 0 Å². The van der Waals surface area contributed by atoms with Crippen molar-refractivity contribution in [3.8, 4) is 17.0 Å². The third-order valence-electron chi connectivity index (χ3n) is 3.41. The molecule has 0 bridgehead atoms. The fourth-order valence-corrected chi connectivity index (χ4v) is 2.09. The van der Waals surface area contributed by atoms with Crippen LogP contribution < -0.4 is 16.0 Å². The summed E-state index contributed by atoms with van der Waals surface area (Å²) in [5.41, 5.74) is 7.17. The topological polar surface area (TPSA) is 81.0 Å². The lowest BCUT2D eigenvalue weighted by Crippen LogP contribution is -2.35. The molecule has 0 unspecified atom stereocenters. The van der Waals surface area contributed by atoms with Crippen molar-refractivity contribution in [2.45, 2.75) is 39.2 Å². The number of benzene rings is 1. The molecule has 0 atom stereocenters. The Balaban J connectivity index is 2.23. The van der Waals surface area contributed by atoms with Crippen LogP contribution in [-0.2, 0) is 5.54 Å². The highest BCUT2D eigenvalue weighted by molar-refractivity contribution is 5.60. The van der Waals surface area contributed by atoms with E-state index in [0.717, 1.165) is 30.8 Å². The van der Waals surface area contributed by atoms with Crippen LogP contribution in [0.1, 0.15) is 39.2 Å². The van der Waals surface area contributed by atoms with Crippen LogP contribution >= 0.6 is 0 Å². The Bertz CT molecular complexity index is 670. The summed E-state index contributed by atoms with van der Waals surface area (Å²) in [6.45, 7) is 6.45. The predicted molar refractivity (Wildman–Crippen MR) is 87.9 cm³/mol. The van der Waals surface area contributed by atoms with E-state index in [-0.39, 0.29) is 5.56 Å². The standard InChI is InChI=1S/C17H23N3O2/c1-4-5-10-22-13-8-6-12(7-9-13)15-11-14(17(2,3)18)16(21)20-19-15/h6-9,11H,4-5,10,18H2,1-3H3,(H,20,21). The van der Waals surface area contributed by atoms with E-state index in [1.165, 1.54) is 0 Å². The average Bonchev–Trinajstić information content (AvgIpc) is 2.48. The number of nitrogens with one attached hydrogen (secondary N) is 1. The molecule has 22 heavy (non-hydrogen) atoms. The van der Waals surface area contributed by atoms with E-state index in [1.807, 2.05) is 24.3 Å². The molecule has 5 heteroatoms. The molecule has 0 aliphatic carbocycles. The van der Waals surface area contributed by atoms with E-state index in [4.69, 9.17) is 10.5 Å². The molecule has 0 aliphatic heterocycles. The number of unbranched alkanes of at least 4 members (excludes halogenated alkanes) is 1. The molecule has 5 nitrogen and oxygen atoms in total. The minimum Gasteiger partial charge on any atom is -0.494 e. The number of H-pyrrole nitrogens is 1. The second-order valence-electron chi connectivity index (χ2n) is 5.94. The quantitative estimate of drug-likeness (QED) is 0.804. The van der Waals surface area contributed by atoms with Crippen LogP contribution in [-0.4, -0.2) is 16.8 Å². The lowest BCUT2D eigenvalue weighted by atomic mass is 9.96. The maximum Gasteiger partial charge on any atom is 0.269 e. The Morgan fingerprint density at radius 1 is 1.27 bits per heavy atom. The molecule has 3 N–H and O–H groups in total. The number of ether oxygens (including phenoxy) is 1. The Morgan fingerprint density at radius 2 is 1.95 bits per heavy atom. The van der Waals surface area contributed by atoms with Gasteiger partial charge in [-0.15, -0.1) is 0 Å². The Labute approximate surface area is 130 Å². The van der Waals surface area contributed by atoms with Crippen molar-refractivity contribution in [2.75, 3.05) is 6.61 Å². The zero-order valence-corrected chi connectivity index (χ0v) is 13.3. The molecule has 2 aromatic rings. The van der Waals surface area contributed by atoms with Gasteiger partial charge in [0.15, 0.2) is 0 Å². The van der Waals surface area contributed by atoms with Gasteiger partial charge in [0.1, 0.15) is 5.75 Å². The molecule has 0 radical (unpaired) electrons. The van der Waals surface area contributed by atoms with E-state index in [9.17, 15) is 4.79 Å². The van der Waals surface area contributed by atoms with E-state index in [0.29, 0.717) is 11.3 Å². The zero-order valence-electron chi connectivity index (χ0n) is 13.3. The van der Waals surface area contributed by atoms with Gasteiger partial charge in [0, 0.05) is 16.7 Å². The highest BCUT2D eigenvalue weighted by Crippen LogP contribution is 2.22. The van der Waals surface area contributed by atoms with Crippen molar-refractivity contribution in [3.05, 3.63) is 46.2 Å². The van der Waals surface area contributed by atoms with Crippen molar-refractivity contribution in [1.82, 2.24) is 10.2 Å². The fraction of sp³-hybridized carbons (Fsp3) is 0.412. The summed E-state index contributed by atoms with van der Waals surface area (Å²) in [6, 6.07) is 9.41. The number of hydrogen-bond acceptors (Lipinski definition) is 4. The zero-order chi connectivity index (χ0) is 16.2. The Kier molecular flexibility index (Phi) is 4.98. The number of aromatic amines is 1. The smallest absolute Gasteiger partial charge is 0.269 e. The van der Waals surface area contributed by atoms with Crippen molar-refractivity contribution < 1.29 is 4.74 Å². The lowest BCUT2D eigenvalue weighted by molar-refractivity contribution is 0.309. The SMILES string of the molecule is CCCCOc1ccc(-c2cc(C(C)(C)N)c(=O)[nH]n2)cc1. The van der Waals surface area contributed by atoms with Crippen molar-refractivity contribution in [2.24, 2.45) is 5.73 Å². The fourth-order valence-electron chi connectivity index (χ4n) is 2.09. The van der Waals surface area contributed by atoms with Gasteiger partial charge in [0.25, 0.3) is 5.56 Å². The van der Waals surface area contributed by atoms with Crippen LogP contribution in [0.4, 0.5) is 0 Å². The number of hydrogen-bond donors (Lipinski definition) is 2. The first-order valence-electron chi connectivity index (χ1n) is 7.54. The summed E-state index contributed by atoms with van der Waals surface area (Å²) in [7, 11) is 0. The van der Waals surface area contributed by atoms with Crippen LogP contribution in [0, 0.1) is 0 Å². The van der Waals surface area contributed by atoms with Gasteiger partial charge in [0.2, 0.25) is 0 Å². The normalized spacial score (nSPS) is 11.5. The molecular weight excluding hydrogens is 278 g/mol. The monoisotopic (exact) mass is 301 g/mol. The van der Waals surface area contributed by atoms with E-state index < -0.39 is 5.54 Å². The molecule has 2 rings (SSSR count). The number of nitrogens with two attached hydrogens (primary N) is 1. The molecular formula is C17H23N3O2. The first-order valence-corrected chi connectivity index (χ1v) is 7.54.